The third kappa shape index (κ3) is 3.26. The Bertz CT molecular complexity index is 304. The molecule has 3 heteroatoms. The van der Waals surface area contributed by atoms with E-state index in [9.17, 15) is 0 Å². The molecule has 0 spiro atoms. The molecule has 0 radical (unpaired) electrons. The molecular formula is C11H17ClN2. The predicted molar refractivity (Wildman–Crippen MR) is 59.6 cm³/mol. The van der Waals surface area contributed by atoms with Crippen molar-refractivity contribution in [2.45, 2.75) is 39.5 Å². The summed E-state index contributed by atoms with van der Waals surface area (Å²) in [6.07, 6.45) is 2.58. The summed E-state index contributed by atoms with van der Waals surface area (Å²) in [5.41, 5.74) is 1.13. The van der Waals surface area contributed by atoms with Gasteiger partial charge in [0.1, 0.15) is 5.82 Å². The second-order valence-electron chi connectivity index (χ2n) is 4.63. The summed E-state index contributed by atoms with van der Waals surface area (Å²) in [7, 11) is 0. The van der Waals surface area contributed by atoms with Gasteiger partial charge in [0.25, 0.3) is 0 Å². The first kappa shape index (κ1) is 11.4. The summed E-state index contributed by atoms with van der Waals surface area (Å²) < 4.78 is 0. The molecule has 0 aliphatic carbocycles. The molecule has 1 aromatic heterocycles. The first-order valence-electron chi connectivity index (χ1n) is 4.82. The normalized spacial score (nSPS) is 14.1. The Morgan fingerprint density at radius 1 is 1.43 bits per heavy atom. The number of halogens is 1. The van der Waals surface area contributed by atoms with Gasteiger partial charge in [-0.2, -0.15) is 0 Å². The minimum atomic E-state index is 0.108. The van der Waals surface area contributed by atoms with E-state index in [0.717, 1.165) is 17.9 Å². The fourth-order valence-corrected chi connectivity index (χ4v) is 1.27. The largest absolute Gasteiger partial charge is 0.242 e. The molecule has 2 nitrogen and oxygen atoms in total. The summed E-state index contributed by atoms with van der Waals surface area (Å²) in [5.74, 6) is 0.806. The number of nitrogens with zero attached hydrogens (tertiary/aromatic N) is 2. The molecule has 0 saturated heterocycles. The van der Waals surface area contributed by atoms with E-state index >= 15 is 0 Å². The van der Waals surface area contributed by atoms with Crippen LogP contribution in [0.2, 0.25) is 0 Å². The van der Waals surface area contributed by atoms with Crippen molar-refractivity contribution in [3.8, 4) is 0 Å². The Morgan fingerprint density at radius 3 is 2.57 bits per heavy atom. The Morgan fingerprint density at radius 2 is 2.07 bits per heavy atom. The highest BCUT2D eigenvalue weighted by Gasteiger charge is 2.22. The van der Waals surface area contributed by atoms with Crippen LogP contribution in [0, 0.1) is 12.3 Å². The molecule has 1 atom stereocenters. The van der Waals surface area contributed by atoms with Crippen molar-refractivity contribution in [2.24, 2.45) is 5.41 Å². The van der Waals surface area contributed by atoms with Crippen molar-refractivity contribution >= 4 is 11.6 Å². The lowest BCUT2D eigenvalue weighted by Gasteiger charge is -2.24. The molecule has 1 aromatic rings. The number of alkyl halides is 1. The number of hydrogen-bond donors (Lipinski definition) is 0. The van der Waals surface area contributed by atoms with Gasteiger partial charge >= 0.3 is 0 Å². The molecule has 14 heavy (non-hydrogen) atoms. The zero-order valence-corrected chi connectivity index (χ0v) is 9.97. The van der Waals surface area contributed by atoms with E-state index in [1.807, 2.05) is 13.0 Å². The molecule has 0 aromatic carbocycles. The first-order chi connectivity index (χ1) is 6.39. The summed E-state index contributed by atoms with van der Waals surface area (Å²) in [6.45, 7) is 8.31. The molecule has 1 rings (SSSR count). The highest BCUT2D eigenvalue weighted by atomic mass is 35.5. The lowest BCUT2D eigenvalue weighted by Crippen LogP contribution is -2.23. The van der Waals surface area contributed by atoms with Crippen molar-refractivity contribution in [2.75, 3.05) is 0 Å². The molecule has 0 aliphatic heterocycles. The van der Waals surface area contributed by atoms with Crippen LogP contribution in [-0.2, 0) is 6.42 Å². The van der Waals surface area contributed by atoms with Crippen molar-refractivity contribution < 1.29 is 0 Å². The standard InChI is InChI=1S/C11H17ClN2/c1-8-13-6-5-9(14-8)7-10(12)11(2,3)4/h5-6,10H,7H2,1-4H3. The van der Waals surface area contributed by atoms with Crippen molar-refractivity contribution in [3.05, 3.63) is 23.8 Å². The van der Waals surface area contributed by atoms with Gasteiger partial charge in [-0.05, 0) is 18.4 Å². The zero-order chi connectivity index (χ0) is 10.8. The molecule has 1 unspecified atom stereocenters. The second-order valence-corrected chi connectivity index (χ2v) is 5.16. The molecule has 0 amide bonds. The quantitative estimate of drug-likeness (QED) is 0.705. The van der Waals surface area contributed by atoms with Crippen LogP contribution in [0.5, 0.6) is 0 Å². The maximum atomic E-state index is 6.28. The highest BCUT2D eigenvalue weighted by molar-refractivity contribution is 6.21. The Kier molecular flexibility index (Phi) is 3.48. The number of hydrogen-bond acceptors (Lipinski definition) is 2. The number of aromatic nitrogens is 2. The van der Waals surface area contributed by atoms with E-state index < -0.39 is 0 Å². The molecule has 78 valence electrons. The maximum Gasteiger partial charge on any atom is 0.125 e. The van der Waals surface area contributed by atoms with Gasteiger partial charge in [-0.25, -0.2) is 9.97 Å². The van der Waals surface area contributed by atoms with Gasteiger partial charge in [-0.3, -0.25) is 0 Å². The smallest absolute Gasteiger partial charge is 0.125 e. The zero-order valence-electron chi connectivity index (χ0n) is 9.21. The molecule has 1 heterocycles. The van der Waals surface area contributed by atoms with Crippen LogP contribution in [0.1, 0.15) is 32.3 Å². The average molecular weight is 213 g/mol. The summed E-state index contributed by atoms with van der Waals surface area (Å²) in [5, 5.41) is 0.108. The SMILES string of the molecule is Cc1nccc(CC(Cl)C(C)(C)C)n1. The third-order valence-electron chi connectivity index (χ3n) is 2.16. The van der Waals surface area contributed by atoms with Crippen LogP contribution in [-0.4, -0.2) is 15.3 Å². The topological polar surface area (TPSA) is 25.8 Å². The van der Waals surface area contributed by atoms with Gasteiger partial charge in [0.05, 0.1) is 0 Å². The van der Waals surface area contributed by atoms with Gasteiger partial charge in [0.15, 0.2) is 0 Å². The van der Waals surface area contributed by atoms with Crippen LogP contribution in [0.25, 0.3) is 0 Å². The number of aryl methyl sites for hydroxylation is 1. The van der Waals surface area contributed by atoms with Crippen LogP contribution in [0.3, 0.4) is 0 Å². The van der Waals surface area contributed by atoms with E-state index in [1.165, 1.54) is 0 Å². The molecular weight excluding hydrogens is 196 g/mol. The molecule has 0 saturated carbocycles. The van der Waals surface area contributed by atoms with E-state index in [1.54, 1.807) is 6.20 Å². The first-order valence-corrected chi connectivity index (χ1v) is 5.26. The summed E-state index contributed by atoms with van der Waals surface area (Å²) >= 11 is 6.28. The van der Waals surface area contributed by atoms with E-state index in [0.29, 0.717) is 0 Å². The molecule has 0 aliphatic rings. The van der Waals surface area contributed by atoms with Gasteiger partial charge in [0.2, 0.25) is 0 Å². The lowest BCUT2D eigenvalue weighted by molar-refractivity contribution is 0.384. The van der Waals surface area contributed by atoms with Crippen molar-refractivity contribution in [1.29, 1.82) is 0 Å². The van der Waals surface area contributed by atoms with E-state index in [2.05, 4.69) is 30.7 Å². The molecule has 0 fully saturated rings. The van der Waals surface area contributed by atoms with Crippen LogP contribution < -0.4 is 0 Å². The van der Waals surface area contributed by atoms with Gasteiger partial charge < -0.3 is 0 Å². The maximum absolute atomic E-state index is 6.28. The van der Waals surface area contributed by atoms with Gasteiger partial charge in [-0.15, -0.1) is 11.6 Å². The lowest BCUT2D eigenvalue weighted by atomic mass is 9.89. The average Bonchev–Trinajstić information content (AvgIpc) is 2.02. The van der Waals surface area contributed by atoms with Crippen molar-refractivity contribution in [3.63, 3.8) is 0 Å². The Balaban J connectivity index is 2.70. The highest BCUT2D eigenvalue weighted by Crippen LogP contribution is 2.26. The van der Waals surface area contributed by atoms with Crippen molar-refractivity contribution in [1.82, 2.24) is 9.97 Å². The van der Waals surface area contributed by atoms with E-state index in [4.69, 9.17) is 11.6 Å². The summed E-state index contributed by atoms with van der Waals surface area (Å²) in [6, 6.07) is 1.92. The fraction of sp³-hybridized carbons (Fsp3) is 0.636. The monoisotopic (exact) mass is 212 g/mol. The van der Waals surface area contributed by atoms with E-state index in [-0.39, 0.29) is 10.8 Å². The van der Waals surface area contributed by atoms with Crippen LogP contribution in [0.4, 0.5) is 0 Å². The molecule has 0 bridgehead atoms. The van der Waals surface area contributed by atoms with Crippen LogP contribution in [0.15, 0.2) is 12.3 Å². The minimum absolute atomic E-state index is 0.108. The molecule has 0 N–H and O–H groups in total. The second kappa shape index (κ2) is 4.26. The third-order valence-corrected chi connectivity index (χ3v) is 2.97. The van der Waals surface area contributed by atoms with Crippen LogP contribution >= 0.6 is 11.6 Å². The fourth-order valence-electron chi connectivity index (χ4n) is 1.11. The van der Waals surface area contributed by atoms with Gasteiger partial charge in [-0.1, -0.05) is 20.8 Å². The Labute approximate surface area is 90.7 Å². The Hall–Kier alpha value is -0.630. The number of rotatable bonds is 2. The summed E-state index contributed by atoms with van der Waals surface area (Å²) in [4.78, 5) is 8.39. The predicted octanol–water partition coefficient (Wildman–Crippen LogP) is 2.98. The van der Waals surface area contributed by atoms with Gasteiger partial charge in [0, 0.05) is 23.7 Å². The minimum Gasteiger partial charge on any atom is -0.242 e.